The van der Waals surface area contributed by atoms with E-state index < -0.39 is 5.60 Å². The molecule has 2 N–H and O–H groups in total. The maximum absolute atomic E-state index is 10.9. The molecule has 0 spiro atoms. The summed E-state index contributed by atoms with van der Waals surface area (Å²) in [6.07, 6.45) is 2.52. The summed E-state index contributed by atoms with van der Waals surface area (Å²) in [6, 6.07) is 0. The van der Waals surface area contributed by atoms with Crippen LogP contribution in [0.25, 0.3) is 0 Å². The van der Waals surface area contributed by atoms with Crippen LogP contribution in [-0.2, 0) is 0 Å². The first-order valence-corrected chi connectivity index (χ1v) is 6.15. The topological polar surface area (TPSA) is 75.1 Å². The van der Waals surface area contributed by atoms with Gasteiger partial charge in [0.05, 0.1) is 11.2 Å². The molecule has 0 bridgehead atoms. The molecule has 0 fully saturated rings. The number of aromatic nitrogens is 2. The Morgan fingerprint density at radius 1 is 1.56 bits per heavy atom. The van der Waals surface area contributed by atoms with Gasteiger partial charge in [-0.2, -0.15) is 0 Å². The zero-order chi connectivity index (χ0) is 13.8. The molecule has 0 saturated heterocycles. The van der Waals surface area contributed by atoms with E-state index >= 15 is 0 Å². The number of nitrogens with zero attached hydrogens (tertiary/aromatic N) is 2. The van der Waals surface area contributed by atoms with Crippen molar-refractivity contribution in [2.75, 3.05) is 11.9 Å². The average Bonchev–Trinajstić information content (AvgIpc) is 2.24. The lowest BCUT2D eigenvalue weighted by molar-refractivity contribution is 0.0514. The molecule has 0 aliphatic rings. The van der Waals surface area contributed by atoms with Gasteiger partial charge in [0.2, 0.25) is 0 Å². The van der Waals surface area contributed by atoms with Crippen LogP contribution in [0, 0.1) is 5.92 Å². The van der Waals surface area contributed by atoms with E-state index in [0.29, 0.717) is 31.0 Å². The Kier molecular flexibility index (Phi) is 5.04. The summed E-state index contributed by atoms with van der Waals surface area (Å²) in [5, 5.41) is 13.2. The number of anilines is 1. The van der Waals surface area contributed by atoms with Crippen LogP contribution in [0.1, 0.15) is 37.6 Å². The third-order valence-electron chi connectivity index (χ3n) is 2.44. The van der Waals surface area contributed by atoms with E-state index in [2.05, 4.69) is 15.3 Å². The minimum Gasteiger partial charge on any atom is -0.388 e. The van der Waals surface area contributed by atoms with E-state index in [1.54, 1.807) is 6.92 Å². The van der Waals surface area contributed by atoms with Crippen molar-refractivity contribution in [3.8, 4) is 0 Å². The van der Waals surface area contributed by atoms with Crippen molar-refractivity contribution in [2.24, 2.45) is 5.92 Å². The number of aliphatic hydroxyl groups is 1. The van der Waals surface area contributed by atoms with Gasteiger partial charge in [-0.1, -0.05) is 25.4 Å². The van der Waals surface area contributed by atoms with Gasteiger partial charge in [0.15, 0.2) is 6.29 Å². The van der Waals surface area contributed by atoms with E-state index in [1.807, 2.05) is 13.8 Å². The predicted octanol–water partition coefficient (Wildman–Crippen LogP) is 2.15. The average molecular weight is 272 g/mol. The van der Waals surface area contributed by atoms with Gasteiger partial charge in [-0.15, -0.1) is 0 Å². The lowest BCUT2D eigenvalue weighted by Crippen LogP contribution is -2.35. The third kappa shape index (κ3) is 4.23. The van der Waals surface area contributed by atoms with E-state index in [0.717, 1.165) is 0 Å². The zero-order valence-corrected chi connectivity index (χ0v) is 11.5. The maximum atomic E-state index is 10.9. The van der Waals surface area contributed by atoms with E-state index in [1.165, 1.54) is 6.33 Å². The molecule has 1 aromatic heterocycles. The van der Waals surface area contributed by atoms with Gasteiger partial charge in [-0.05, 0) is 19.3 Å². The smallest absolute Gasteiger partial charge is 0.156 e. The fourth-order valence-electron chi connectivity index (χ4n) is 1.85. The van der Waals surface area contributed by atoms with E-state index in [9.17, 15) is 9.90 Å². The summed E-state index contributed by atoms with van der Waals surface area (Å²) in [6.45, 7) is 6.10. The van der Waals surface area contributed by atoms with Crippen molar-refractivity contribution in [1.29, 1.82) is 0 Å². The fraction of sp³-hybridized carbons (Fsp3) is 0.583. The molecule has 1 aromatic rings. The number of aldehydes is 1. The highest BCUT2D eigenvalue weighted by atomic mass is 35.5. The van der Waals surface area contributed by atoms with Crippen molar-refractivity contribution in [2.45, 2.75) is 32.8 Å². The minimum atomic E-state index is -0.869. The monoisotopic (exact) mass is 271 g/mol. The molecule has 0 aliphatic heterocycles. The lowest BCUT2D eigenvalue weighted by Gasteiger charge is -2.26. The largest absolute Gasteiger partial charge is 0.388 e. The van der Waals surface area contributed by atoms with Crippen LogP contribution in [0.5, 0.6) is 0 Å². The highest BCUT2D eigenvalue weighted by Crippen LogP contribution is 2.20. The first-order chi connectivity index (χ1) is 8.35. The third-order valence-corrected chi connectivity index (χ3v) is 2.74. The van der Waals surface area contributed by atoms with Gasteiger partial charge in [0.1, 0.15) is 17.3 Å². The first-order valence-electron chi connectivity index (χ1n) is 5.77. The quantitative estimate of drug-likeness (QED) is 0.612. The van der Waals surface area contributed by atoms with Crippen molar-refractivity contribution < 1.29 is 9.90 Å². The normalized spacial score (nSPS) is 14.3. The van der Waals surface area contributed by atoms with E-state index in [-0.39, 0.29) is 10.7 Å². The van der Waals surface area contributed by atoms with Gasteiger partial charge in [-0.25, -0.2) is 9.97 Å². The minimum absolute atomic E-state index is 0.103. The number of hydrogen-bond acceptors (Lipinski definition) is 5. The molecule has 100 valence electrons. The second-order valence-electron chi connectivity index (χ2n) is 4.99. The highest BCUT2D eigenvalue weighted by molar-refractivity contribution is 6.32. The number of carbonyl (C=O) groups excluding carboxylic acids is 1. The van der Waals surface area contributed by atoms with Crippen molar-refractivity contribution >= 4 is 23.7 Å². The molecule has 0 saturated carbocycles. The van der Waals surface area contributed by atoms with Crippen LogP contribution in [0.15, 0.2) is 6.33 Å². The fourth-order valence-corrected chi connectivity index (χ4v) is 2.02. The summed E-state index contributed by atoms with van der Waals surface area (Å²) >= 11 is 5.78. The van der Waals surface area contributed by atoms with Crippen LogP contribution in [0.2, 0.25) is 5.15 Å². The molecule has 1 atom stereocenters. The molecule has 5 nitrogen and oxygen atoms in total. The Morgan fingerprint density at radius 3 is 2.78 bits per heavy atom. The molecule has 0 radical (unpaired) electrons. The number of carbonyl (C=O) groups is 1. The number of halogens is 1. The van der Waals surface area contributed by atoms with Gasteiger partial charge in [0, 0.05) is 6.54 Å². The Hall–Kier alpha value is -1.20. The molecule has 1 unspecified atom stereocenters. The van der Waals surface area contributed by atoms with Crippen LogP contribution < -0.4 is 5.32 Å². The van der Waals surface area contributed by atoms with Crippen molar-refractivity contribution in [1.82, 2.24) is 9.97 Å². The molecule has 1 rings (SSSR count). The Labute approximate surface area is 112 Å². The number of nitrogens with one attached hydrogen (secondary N) is 1. The summed E-state index contributed by atoms with van der Waals surface area (Å²) in [4.78, 5) is 18.6. The Morgan fingerprint density at radius 2 is 2.22 bits per heavy atom. The van der Waals surface area contributed by atoms with Crippen LogP contribution in [0.3, 0.4) is 0 Å². The molecule has 0 aromatic carbocycles. The molecule has 0 amide bonds. The van der Waals surface area contributed by atoms with E-state index in [4.69, 9.17) is 11.6 Å². The predicted molar refractivity (Wildman–Crippen MR) is 71.0 cm³/mol. The maximum Gasteiger partial charge on any atom is 0.156 e. The molecule has 6 heteroatoms. The second kappa shape index (κ2) is 6.11. The standard InChI is InChI=1S/C12H18ClN3O2/c1-8(2)4-12(3,18)6-14-11-9(5-17)10(13)15-7-16-11/h5,7-8,18H,4,6H2,1-3H3,(H,14,15,16). The first kappa shape index (κ1) is 14.9. The highest BCUT2D eigenvalue weighted by Gasteiger charge is 2.22. The number of hydrogen-bond donors (Lipinski definition) is 2. The molecule has 0 aliphatic carbocycles. The van der Waals surface area contributed by atoms with Crippen LogP contribution in [0.4, 0.5) is 5.82 Å². The summed E-state index contributed by atoms with van der Waals surface area (Å²) in [5.74, 6) is 0.718. The molecule has 18 heavy (non-hydrogen) atoms. The van der Waals surface area contributed by atoms with Gasteiger partial charge in [0.25, 0.3) is 0 Å². The number of rotatable bonds is 6. The lowest BCUT2D eigenvalue weighted by atomic mass is 9.94. The Balaban J connectivity index is 2.74. The zero-order valence-electron chi connectivity index (χ0n) is 10.8. The second-order valence-corrected chi connectivity index (χ2v) is 5.35. The van der Waals surface area contributed by atoms with Gasteiger partial charge in [-0.3, -0.25) is 4.79 Å². The van der Waals surface area contributed by atoms with Gasteiger partial charge < -0.3 is 10.4 Å². The Bertz CT molecular complexity index is 422. The molecular weight excluding hydrogens is 254 g/mol. The summed E-state index contributed by atoms with van der Waals surface area (Å²) in [5.41, 5.74) is -0.661. The summed E-state index contributed by atoms with van der Waals surface area (Å²) < 4.78 is 0. The molecular formula is C12H18ClN3O2. The van der Waals surface area contributed by atoms with Gasteiger partial charge >= 0.3 is 0 Å². The van der Waals surface area contributed by atoms with Crippen molar-refractivity contribution in [3.05, 3.63) is 17.0 Å². The SMILES string of the molecule is CC(C)CC(C)(O)CNc1ncnc(Cl)c1C=O. The van der Waals surface area contributed by atoms with Crippen LogP contribution >= 0.6 is 11.6 Å². The van der Waals surface area contributed by atoms with Crippen LogP contribution in [-0.4, -0.2) is 33.5 Å². The molecule has 1 heterocycles. The summed E-state index contributed by atoms with van der Waals surface area (Å²) in [7, 11) is 0. The van der Waals surface area contributed by atoms with Crippen molar-refractivity contribution in [3.63, 3.8) is 0 Å².